The van der Waals surface area contributed by atoms with Crippen molar-refractivity contribution in [1.29, 1.82) is 0 Å². The van der Waals surface area contributed by atoms with E-state index in [-0.39, 0.29) is 0 Å². The minimum absolute atomic E-state index is 0.908. The van der Waals surface area contributed by atoms with Gasteiger partial charge in [-0.15, -0.1) is 0 Å². The molecule has 0 amide bonds. The van der Waals surface area contributed by atoms with E-state index in [1.165, 1.54) is 21.9 Å². The van der Waals surface area contributed by atoms with E-state index in [1.807, 2.05) is 35.3 Å². The molecule has 0 unspecified atom stereocenters. The molecule has 6 rings (SSSR count). The predicted octanol–water partition coefficient (Wildman–Crippen LogP) is 7.18. The number of aromatic nitrogens is 4. The number of rotatable bonds is 5. The Bertz CT molecular complexity index is 1610. The Hall–Kier alpha value is -4.57. The van der Waals surface area contributed by atoms with Crippen LogP contribution in [0.1, 0.15) is 22.5 Å². The lowest BCUT2D eigenvalue weighted by Gasteiger charge is -2.04. The molecule has 33 heavy (non-hydrogen) atoms. The smallest absolute Gasteiger partial charge is 0.0861 e. The molecule has 3 aromatic heterocycles. The first-order valence-corrected chi connectivity index (χ1v) is 11.0. The molecule has 2 N–H and O–H groups in total. The van der Waals surface area contributed by atoms with Crippen molar-refractivity contribution in [2.45, 2.75) is 0 Å². The van der Waals surface area contributed by atoms with Gasteiger partial charge in [-0.1, -0.05) is 54.6 Å². The summed E-state index contributed by atoms with van der Waals surface area (Å²) in [5.41, 5.74) is 7.57. The molecule has 0 aliphatic carbocycles. The van der Waals surface area contributed by atoms with Crippen LogP contribution in [0, 0.1) is 0 Å². The summed E-state index contributed by atoms with van der Waals surface area (Å²) in [6, 6.07) is 29.2. The summed E-state index contributed by atoms with van der Waals surface area (Å²) in [4.78, 5) is 6.55. The Morgan fingerprint density at radius 1 is 0.606 bits per heavy atom. The Kier molecular flexibility index (Phi) is 4.74. The van der Waals surface area contributed by atoms with Crippen LogP contribution in [0.25, 0.3) is 51.8 Å². The van der Waals surface area contributed by atoms with Gasteiger partial charge in [0.25, 0.3) is 0 Å². The molecular weight excluding hydrogens is 404 g/mol. The van der Waals surface area contributed by atoms with E-state index < -0.39 is 0 Å². The van der Waals surface area contributed by atoms with E-state index in [9.17, 15) is 0 Å². The van der Waals surface area contributed by atoms with Crippen molar-refractivity contribution in [3.63, 3.8) is 0 Å². The van der Waals surface area contributed by atoms with Crippen molar-refractivity contribution in [3.8, 4) is 5.69 Å². The molecule has 0 fully saturated rings. The molecule has 4 heteroatoms. The number of H-pyrrole nitrogens is 2. The third kappa shape index (κ3) is 3.68. The van der Waals surface area contributed by atoms with Crippen molar-refractivity contribution in [2.24, 2.45) is 0 Å². The van der Waals surface area contributed by atoms with Crippen molar-refractivity contribution in [1.82, 2.24) is 19.7 Å². The first kappa shape index (κ1) is 19.1. The van der Waals surface area contributed by atoms with Gasteiger partial charge in [0.1, 0.15) is 0 Å². The fourth-order valence-corrected chi connectivity index (χ4v) is 4.25. The minimum Gasteiger partial charge on any atom is -0.361 e. The van der Waals surface area contributed by atoms with Crippen molar-refractivity contribution in [2.75, 3.05) is 0 Å². The lowest BCUT2D eigenvalue weighted by Crippen LogP contribution is -1.98. The van der Waals surface area contributed by atoms with Gasteiger partial charge in [0, 0.05) is 34.2 Å². The van der Waals surface area contributed by atoms with E-state index in [0.29, 0.717) is 0 Å². The van der Waals surface area contributed by atoms with Crippen LogP contribution < -0.4 is 0 Å². The topological polar surface area (TPSA) is 49.4 Å². The normalized spacial score (nSPS) is 12.0. The second-order valence-electron chi connectivity index (χ2n) is 7.98. The number of fused-ring (bicyclic) bond motifs is 2. The summed E-state index contributed by atoms with van der Waals surface area (Å²) < 4.78 is 1.99. The highest BCUT2D eigenvalue weighted by Gasteiger charge is 2.07. The Balaban J connectivity index is 1.40. The maximum atomic E-state index is 4.89. The number of aromatic amines is 2. The fraction of sp³-hybridized carbons (Fsp3) is 0. The van der Waals surface area contributed by atoms with Crippen LogP contribution in [0.5, 0.6) is 0 Å². The fourth-order valence-electron chi connectivity index (χ4n) is 4.25. The molecule has 0 bridgehead atoms. The van der Waals surface area contributed by atoms with Crippen molar-refractivity contribution in [3.05, 3.63) is 120 Å². The van der Waals surface area contributed by atoms with E-state index >= 15 is 0 Å². The zero-order valence-electron chi connectivity index (χ0n) is 17.9. The molecule has 3 aromatic carbocycles. The van der Waals surface area contributed by atoms with Crippen LogP contribution in [-0.4, -0.2) is 19.7 Å². The molecule has 0 spiro atoms. The highest BCUT2D eigenvalue weighted by atomic mass is 15.3. The molecule has 0 saturated carbocycles. The highest BCUT2D eigenvalue weighted by molar-refractivity contribution is 5.92. The van der Waals surface area contributed by atoms with E-state index in [4.69, 9.17) is 5.10 Å². The Morgan fingerprint density at radius 2 is 1.24 bits per heavy atom. The van der Waals surface area contributed by atoms with Gasteiger partial charge in [0.05, 0.1) is 17.1 Å². The highest BCUT2D eigenvalue weighted by Crippen LogP contribution is 2.23. The van der Waals surface area contributed by atoms with E-state index in [1.54, 1.807) is 0 Å². The number of hydrogen-bond donors (Lipinski definition) is 2. The van der Waals surface area contributed by atoms with Gasteiger partial charge in [-0.25, -0.2) is 4.68 Å². The van der Waals surface area contributed by atoms with Gasteiger partial charge in [0.2, 0.25) is 0 Å². The SMILES string of the molecule is C(=C\c1cccc2[nH]ccc12)/c1cc(/C=C/c2cccc3[nH]ccc23)n(-c2ccccc2)n1. The zero-order valence-corrected chi connectivity index (χ0v) is 17.9. The first-order valence-electron chi connectivity index (χ1n) is 11.0. The summed E-state index contributed by atoms with van der Waals surface area (Å²) in [6.07, 6.45) is 12.4. The van der Waals surface area contributed by atoms with Gasteiger partial charge in [0.15, 0.2) is 0 Å². The molecule has 3 heterocycles. The molecule has 0 aliphatic rings. The van der Waals surface area contributed by atoms with Crippen LogP contribution in [0.2, 0.25) is 0 Å². The summed E-state index contributed by atoms with van der Waals surface area (Å²) in [5.74, 6) is 0. The molecule has 0 aliphatic heterocycles. The average molecular weight is 427 g/mol. The summed E-state index contributed by atoms with van der Waals surface area (Å²) in [7, 11) is 0. The van der Waals surface area contributed by atoms with Crippen molar-refractivity contribution >= 4 is 46.1 Å². The zero-order chi connectivity index (χ0) is 22.0. The Labute approximate surface area is 191 Å². The quantitative estimate of drug-likeness (QED) is 0.301. The molecule has 0 atom stereocenters. The number of hydrogen-bond acceptors (Lipinski definition) is 1. The second kappa shape index (κ2) is 8.17. The lowest BCUT2D eigenvalue weighted by molar-refractivity contribution is 0.867. The summed E-state index contributed by atoms with van der Waals surface area (Å²) in [6.45, 7) is 0. The van der Waals surface area contributed by atoms with Gasteiger partial charge in [-0.3, -0.25) is 0 Å². The molecule has 6 aromatic rings. The number of benzene rings is 3. The van der Waals surface area contributed by atoms with Gasteiger partial charge < -0.3 is 9.97 Å². The van der Waals surface area contributed by atoms with Crippen LogP contribution in [0.4, 0.5) is 0 Å². The molecule has 4 nitrogen and oxygen atoms in total. The van der Waals surface area contributed by atoms with Crippen LogP contribution in [-0.2, 0) is 0 Å². The summed E-state index contributed by atoms with van der Waals surface area (Å²) in [5, 5.41) is 7.30. The van der Waals surface area contributed by atoms with Crippen LogP contribution in [0.15, 0.2) is 97.3 Å². The average Bonchev–Trinajstić information content (AvgIpc) is 3.61. The maximum absolute atomic E-state index is 4.89. The standard InChI is InChI=1S/C29H22N4/c1-2-8-24(9-3-1)33-25(15-13-22-7-5-11-29-27(22)17-19-31-29)20-23(32-33)14-12-21-6-4-10-28-26(21)16-18-30-28/h1-20,30-31H/b14-12+,15-13+. The molecule has 158 valence electrons. The second-order valence-corrected chi connectivity index (χ2v) is 7.98. The third-order valence-electron chi connectivity index (χ3n) is 5.88. The predicted molar refractivity (Wildman–Crippen MR) is 138 cm³/mol. The monoisotopic (exact) mass is 426 g/mol. The van der Waals surface area contributed by atoms with Crippen molar-refractivity contribution < 1.29 is 0 Å². The van der Waals surface area contributed by atoms with E-state index in [0.717, 1.165) is 28.1 Å². The Morgan fingerprint density at radius 3 is 1.91 bits per heavy atom. The lowest BCUT2D eigenvalue weighted by atomic mass is 10.1. The number of nitrogens with one attached hydrogen (secondary N) is 2. The largest absolute Gasteiger partial charge is 0.361 e. The molecule has 0 saturated heterocycles. The molecular formula is C29H22N4. The minimum atomic E-state index is 0.908. The maximum Gasteiger partial charge on any atom is 0.0861 e. The van der Waals surface area contributed by atoms with Crippen LogP contribution >= 0.6 is 0 Å². The van der Waals surface area contributed by atoms with Crippen LogP contribution in [0.3, 0.4) is 0 Å². The van der Waals surface area contributed by atoms with Gasteiger partial charge in [-0.05, 0) is 65.7 Å². The third-order valence-corrected chi connectivity index (χ3v) is 5.88. The van der Waals surface area contributed by atoms with Gasteiger partial charge in [-0.2, -0.15) is 5.10 Å². The number of para-hydroxylation sites is 1. The molecule has 0 radical (unpaired) electrons. The van der Waals surface area contributed by atoms with Gasteiger partial charge >= 0.3 is 0 Å². The van der Waals surface area contributed by atoms with E-state index in [2.05, 4.69) is 101 Å². The summed E-state index contributed by atoms with van der Waals surface area (Å²) >= 11 is 0. The first-order chi connectivity index (χ1) is 16.3. The number of nitrogens with zero attached hydrogens (tertiary/aromatic N) is 2.